The molecule has 0 N–H and O–H groups in total. The van der Waals surface area contributed by atoms with Gasteiger partial charge in [-0.05, 0) is 37.5 Å². The average Bonchev–Trinajstić information content (AvgIpc) is 2.33. The average molecular weight is 222 g/mol. The van der Waals surface area contributed by atoms with E-state index in [4.69, 9.17) is 14.2 Å². The first-order chi connectivity index (χ1) is 7.79. The second-order valence-corrected chi connectivity index (χ2v) is 4.07. The minimum absolute atomic E-state index is 0.120. The zero-order chi connectivity index (χ0) is 11.4. The van der Waals surface area contributed by atoms with Gasteiger partial charge in [-0.1, -0.05) is 6.07 Å². The van der Waals surface area contributed by atoms with Gasteiger partial charge in [0.15, 0.2) is 17.8 Å². The van der Waals surface area contributed by atoms with Crippen LogP contribution in [0.3, 0.4) is 0 Å². The second-order valence-electron chi connectivity index (χ2n) is 4.07. The third kappa shape index (κ3) is 2.67. The lowest BCUT2D eigenvalue weighted by Gasteiger charge is -2.24. The molecule has 0 aliphatic carbocycles. The molecule has 1 aromatic rings. The number of aryl methyl sites for hydroxylation is 1. The summed E-state index contributed by atoms with van der Waals surface area (Å²) in [4.78, 5) is 0. The molecular weight excluding hydrogens is 204 g/mol. The van der Waals surface area contributed by atoms with Gasteiger partial charge < -0.3 is 14.2 Å². The fourth-order valence-electron chi connectivity index (χ4n) is 1.82. The number of methoxy groups -OCH3 is 1. The lowest BCUT2D eigenvalue weighted by molar-refractivity contribution is -0.106. The maximum atomic E-state index is 5.79. The van der Waals surface area contributed by atoms with Gasteiger partial charge >= 0.3 is 0 Å². The van der Waals surface area contributed by atoms with Gasteiger partial charge in [-0.2, -0.15) is 0 Å². The van der Waals surface area contributed by atoms with Crippen LogP contribution in [0.5, 0.6) is 11.5 Å². The molecule has 1 atom stereocenters. The summed E-state index contributed by atoms with van der Waals surface area (Å²) in [6.45, 7) is 2.82. The Labute approximate surface area is 96.3 Å². The Morgan fingerprint density at radius 3 is 2.81 bits per heavy atom. The number of hydrogen-bond donors (Lipinski definition) is 0. The van der Waals surface area contributed by atoms with Crippen molar-refractivity contribution in [3.05, 3.63) is 23.8 Å². The van der Waals surface area contributed by atoms with Gasteiger partial charge in [-0.3, -0.25) is 0 Å². The maximum Gasteiger partial charge on any atom is 0.200 e. The lowest BCUT2D eigenvalue weighted by Crippen LogP contribution is -2.25. The van der Waals surface area contributed by atoms with Crippen LogP contribution in [-0.4, -0.2) is 20.0 Å². The molecule has 16 heavy (non-hydrogen) atoms. The second kappa shape index (κ2) is 5.21. The summed E-state index contributed by atoms with van der Waals surface area (Å²) in [6, 6.07) is 5.92. The van der Waals surface area contributed by atoms with Gasteiger partial charge in [-0.15, -0.1) is 0 Å². The number of ether oxygens (including phenoxy) is 3. The Bertz CT molecular complexity index is 343. The van der Waals surface area contributed by atoms with Crippen molar-refractivity contribution in [1.82, 2.24) is 0 Å². The highest BCUT2D eigenvalue weighted by Crippen LogP contribution is 2.30. The number of rotatable bonds is 3. The largest absolute Gasteiger partial charge is 0.493 e. The summed E-state index contributed by atoms with van der Waals surface area (Å²) in [5, 5.41) is 0. The van der Waals surface area contributed by atoms with Crippen molar-refractivity contribution in [2.24, 2.45) is 0 Å². The van der Waals surface area contributed by atoms with Crippen LogP contribution in [0, 0.1) is 6.92 Å². The van der Waals surface area contributed by atoms with Crippen LogP contribution in [0.2, 0.25) is 0 Å². The molecule has 1 aromatic carbocycles. The topological polar surface area (TPSA) is 27.7 Å². The van der Waals surface area contributed by atoms with Gasteiger partial charge in [-0.25, -0.2) is 0 Å². The van der Waals surface area contributed by atoms with E-state index in [-0.39, 0.29) is 6.29 Å². The van der Waals surface area contributed by atoms with E-state index in [9.17, 15) is 0 Å². The molecule has 1 fully saturated rings. The molecule has 88 valence electrons. The third-order valence-electron chi connectivity index (χ3n) is 2.72. The normalized spacial score (nSPS) is 20.5. The molecule has 1 saturated heterocycles. The van der Waals surface area contributed by atoms with Crippen LogP contribution in [0.4, 0.5) is 0 Å². The van der Waals surface area contributed by atoms with E-state index in [1.165, 1.54) is 6.42 Å². The van der Waals surface area contributed by atoms with Crippen molar-refractivity contribution in [1.29, 1.82) is 0 Å². The first kappa shape index (κ1) is 11.3. The van der Waals surface area contributed by atoms with E-state index >= 15 is 0 Å². The third-order valence-corrected chi connectivity index (χ3v) is 2.72. The van der Waals surface area contributed by atoms with E-state index in [1.54, 1.807) is 7.11 Å². The van der Waals surface area contributed by atoms with Gasteiger partial charge in [0.2, 0.25) is 0 Å². The minimum atomic E-state index is -0.120. The highest BCUT2D eigenvalue weighted by molar-refractivity contribution is 5.42. The van der Waals surface area contributed by atoms with E-state index < -0.39 is 0 Å². The minimum Gasteiger partial charge on any atom is -0.493 e. The molecule has 0 amide bonds. The lowest BCUT2D eigenvalue weighted by atomic mass is 10.2. The summed E-state index contributed by atoms with van der Waals surface area (Å²) in [5.41, 5.74) is 1.16. The van der Waals surface area contributed by atoms with Crippen LogP contribution in [0.15, 0.2) is 18.2 Å². The van der Waals surface area contributed by atoms with Gasteiger partial charge in [0, 0.05) is 6.42 Å². The number of benzene rings is 1. The van der Waals surface area contributed by atoms with Crippen molar-refractivity contribution in [2.75, 3.05) is 13.7 Å². The molecule has 3 nitrogen and oxygen atoms in total. The number of hydrogen-bond acceptors (Lipinski definition) is 3. The summed E-state index contributed by atoms with van der Waals surface area (Å²) in [7, 11) is 1.66. The molecule has 0 saturated carbocycles. The Balaban J connectivity index is 2.07. The van der Waals surface area contributed by atoms with Gasteiger partial charge in [0.05, 0.1) is 13.7 Å². The summed E-state index contributed by atoms with van der Waals surface area (Å²) in [6.07, 6.45) is 3.13. The molecule has 1 aliphatic rings. The maximum absolute atomic E-state index is 5.79. The Morgan fingerprint density at radius 2 is 2.12 bits per heavy atom. The smallest absolute Gasteiger partial charge is 0.200 e. The first-order valence-electron chi connectivity index (χ1n) is 5.72. The fourth-order valence-corrected chi connectivity index (χ4v) is 1.82. The quantitative estimate of drug-likeness (QED) is 0.787. The van der Waals surface area contributed by atoms with E-state index in [0.717, 1.165) is 36.5 Å². The summed E-state index contributed by atoms with van der Waals surface area (Å²) >= 11 is 0. The molecule has 2 rings (SSSR count). The molecule has 1 unspecified atom stereocenters. The van der Waals surface area contributed by atoms with Crippen LogP contribution in [-0.2, 0) is 4.74 Å². The zero-order valence-corrected chi connectivity index (χ0v) is 9.86. The molecule has 0 spiro atoms. The molecule has 3 heteroatoms. The van der Waals surface area contributed by atoms with Crippen molar-refractivity contribution >= 4 is 0 Å². The summed E-state index contributed by atoms with van der Waals surface area (Å²) in [5.74, 6) is 1.54. The van der Waals surface area contributed by atoms with Crippen LogP contribution >= 0.6 is 0 Å². The monoisotopic (exact) mass is 222 g/mol. The predicted octanol–water partition coefficient (Wildman–Crippen LogP) is 2.91. The molecule has 0 aromatic heterocycles. The fraction of sp³-hybridized carbons (Fsp3) is 0.538. The summed E-state index contributed by atoms with van der Waals surface area (Å²) < 4.78 is 16.6. The highest BCUT2D eigenvalue weighted by atomic mass is 16.7. The van der Waals surface area contributed by atoms with Gasteiger partial charge in [0.1, 0.15) is 0 Å². The Kier molecular flexibility index (Phi) is 3.67. The predicted molar refractivity (Wildman–Crippen MR) is 62.0 cm³/mol. The van der Waals surface area contributed by atoms with E-state index in [1.807, 2.05) is 25.1 Å². The highest BCUT2D eigenvalue weighted by Gasteiger charge is 2.17. The first-order valence-corrected chi connectivity index (χ1v) is 5.72. The van der Waals surface area contributed by atoms with Crippen molar-refractivity contribution < 1.29 is 14.2 Å². The standard InChI is InChI=1S/C13H18O3/c1-10-6-7-11(12(9-10)14-2)16-13-5-3-4-8-15-13/h6-7,9,13H,3-5,8H2,1-2H3. The van der Waals surface area contributed by atoms with Crippen molar-refractivity contribution in [2.45, 2.75) is 32.5 Å². The van der Waals surface area contributed by atoms with Crippen LogP contribution in [0.25, 0.3) is 0 Å². The molecule has 1 aliphatic heterocycles. The molecule has 1 heterocycles. The van der Waals surface area contributed by atoms with Gasteiger partial charge in [0.25, 0.3) is 0 Å². The van der Waals surface area contributed by atoms with Crippen LogP contribution < -0.4 is 9.47 Å². The van der Waals surface area contributed by atoms with E-state index in [2.05, 4.69) is 0 Å². The van der Waals surface area contributed by atoms with Crippen LogP contribution in [0.1, 0.15) is 24.8 Å². The molecule has 0 bridgehead atoms. The van der Waals surface area contributed by atoms with E-state index in [0.29, 0.717) is 0 Å². The Morgan fingerprint density at radius 1 is 1.25 bits per heavy atom. The SMILES string of the molecule is COc1cc(C)ccc1OC1CCCCO1. The van der Waals surface area contributed by atoms with Crippen molar-refractivity contribution in [3.8, 4) is 11.5 Å². The van der Waals surface area contributed by atoms with Crippen molar-refractivity contribution in [3.63, 3.8) is 0 Å². The Hall–Kier alpha value is -1.22. The molecular formula is C13H18O3. The zero-order valence-electron chi connectivity index (χ0n) is 9.86. The molecule has 0 radical (unpaired) electrons.